The van der Waals surface area contributed by atoms with Gasteiger partial charge in [-0.2, -0.15) is 0 Å². The molecular weight excluding hydrogens is 392 g/mol. The van der Waals surface area contributed by atoms with E-state index in [9.17, 15) is 19.5 Å². The van der Waals surface area contributed by atoms with Crippen LogP contribution < -0.4 is 11.2 Å². The smallest absolute Gasteiger partial charge is 0.332 e. The molecule has 0 aliphatic rings. The van der Waals surface area contributed by atoms with E-state index in [1.54, 1.807) is 6.92 Å². The number of carboxylic acids is 1. The number of hydrogen-bond acceptors (Lipinski definition) is 6. The van der Waals surface area contributed by atoms with Crippen molar-refractivity contribution in [2.75, 3.05) is 0 Å². The normalized spacial score (nSPS) is 12.3. The van der Waals surface area contributed by atoms with Crippen LogP contribution in [0.1, 0.15) is 24.5 Å². The Morgan fingerprint density at radius 2 is 1.72 bits per heavy atom. The Bertz CT molecular complexity index is 1230. The first kappa shape index (κ1) is 20.8. The molecule has 1 aromatic carbocycles. The Labute approximate surface area is 171 Å². The van der Waals surface area contributed by atoms with Crippen molar-refractivity contribution in [3.8, 4) is 11.4 Å². The Kier molecular flexibility index (Phi) is 5.61. The Hall–Kier alpha value is -2.94. The van der Waals surface area contributed by atoms with Crippen molar-refractivity contribution in [2.24, 2.45) is 14.1 Å². The number of carboxylic acid groups (broad SMARTS) is 1. The number of rotatable bonds is 5. The van der Waals surface area contributed by atoms with Gasteiger partial charge < -0.3 is 5.11 Å². The van der Waals surface area contributed by atoms with Crippen LogP contribution in [-0.4, -0.2) is 35.4 Å². The summed E-state index contributed by atoms with van der Waals surface area (Å²) in [5, 5.41) is 9.11. The fourth-order valence-corrected chi connectivity index (χ4v) is 4.16. The van der Waals surface area contributed by atoms with E-state index in [-0.39, 0.29) is 16.1 Å². The molecule has 0 saturated heterocycles. The number of aromatic nitrogens is 4. The summed E-state index contributed by atoms with van der Waals surface area (Å²) >= 11 is 1.00. The number of aliphatic carboxylic acids is 1. The minimum atomic E-state index is -0.987. The van der Waals surface area contributed by atoms with Crippen LogP contribution in [0.15, 0.2) is 32.8 Å². The summed E-state index contributed by atoms with van der Waals surface area (Å²) < 4.78 is 2.27. The van der Waals surface area contributed by atoms with Gasteiger partial charge in [0.1, 0.15) is 15.7 Å². The topological polar surface area (TPSA) is 107 Å². The fourth-order valence-electron chi connectivity index (χ4n) is 3.19. The first-order chi connectivity index (χ1) is 13.6. The first-order valence-corrected chi connectivity index (χ1v) is 9.97. The number of thioether (sulfide) groups is 1. The van der Waals surface area contributed by atoms with Gasteiger partial charge in [-0.3, -0.25) is 18.7 Å². The third-order valence-corrected chi connectivity index (χ3v) is 5.98. The van der Waals surface area contributed by atoms with E-state index in [1.807, 2.05) is 32.0 Å². The van der Waals surface area contributed by atoms with Crippen LogP contribution in [0.3, 0.4) is 0 Å². The SMILES string of the molecule is CC[C@H](Sc1nc(-c2cc(C)cc(C)c2)nc2c1c(=O)n(C)c(=O)n2C)C(=O)O. The third-order valence-electron chi connectivity index (χ3n) is 4.65. The maximum Gasteiger partial charge on any atom is 0.332 e. The molecule has 0 amide bonds. The number of carbonyl (C=O) groups is 1. The summed E-state index contributed by atoms with van der Waals surface area (Å²) in [5.74, 6) is -0.644. The van der Waals surface area contributed by atoms with Crippen LogP contribution in [0.5, 0.6) is 0 Å². The molecule has 0 aliphatic carbocycles. The molecule has 3 rings (SSSR count). The number of hydrogen-bond donors (Lipinski definition) is 1. The molecule has 3 aromatic rings. The molecule has 0 radical (unpaired) electrons. The summed E-state index contributed by atoms with van der Waals surface area (Å²) in [6, 6.07) is 5.84. The molecule has 0 fully saturated rings. The Balaban J connectivity index is 2.40. The summed E-state index contributed by atoms with van der Waals surface area (Å²) in [5.41, 5.74) is 1.92. The second-order valence-electron chi connectivity index (χ2n) is 6.99. The Morgan fingerprint density at radius 1 is 1.10 bits per heavy atom. The highest BCUT2D eigenvalue weighted by atomic mass is 32.2. The molecule has 0 bridgehead atoms. The van der Waals surface area contributed by atoms with Gasteiger partial charge in [-0.05, 0) is 32.4 Å². The lowest BCUT2D eigenvalue weighted by atomic mass is 10.1. The summed E-state index contributed by atoms with van der Waals surface area (Å²) in [7, 11) is 2.91. The molecule has 2 heterocycles. The molecular formula is C20H22N4O4S. The van der Waals surface area contributed by atoms with Crippen LogP contribution in [0.25, 0.3) is 22.4 Å². The predicted octanol–water partition coefficient (Wildman–Crippen LogP) is 2.27. The van der Waals surface area contributed by atoms with Gasteiger partial charge in [-0.25, -0.2) is 14.8 Å². The summed E-state index contributed by atoms with van der Waals surface area (Å²) in [6.07, 6.45) is 0.358. The van der Waals surface area contributed by atoms with E-state index in [2.05, 4.69) is 9.97 Å². The zero-order valence-electron chi connectivity index (χ0n) is 16.9. The monoisotopic (exact) mass is 414 g/mol. The highest BCUT2D eigenvalue weighted by Gasteiger charge is 2.23. The minimum absolute atomic E-state index is 0.146. The first-order valence-electron chi connectivity index (χ1n) is 9.10. The van der Waals surface area contributed by atoms with Crippen LogP contribution in [0.2, 0.25) is 0 Å². The summed E-state index contributed by atoms with van der Waals surface area (Å²) in [6.45, 7) is 5.67. The van der Waals surface area contributed by atoms with Gasteiger partial charge in [0.05, 0.1) is 0 Å². The largest absolute Gasteiger partial charge is 0.480 e. The zero-order valence-corrected chi connectivity index (χ0v) is 17.7. The van der Waals surface area contributed by atoms with E-state index in [0.717, 1.165) is 33.0 Å². The second-order valence-corrected chi connectivity index (χ2v) is 8.18. The predicted molar refractivity (Wildman–Crippen MR) is 113 cm³/mol. The molecule has 0 saturated carbocycles. The minimum Gasteiger partial charge on any atom is -0.480 e. The number of fused-ring (bicyclic) bond motifs is 1. The molecule has 0 aliphatic heterocycles. The average Bonchev–Trinajstić information content (AvgIpc) is 2.67. The quantitative estimate of drug-likeness (QED) is 0.504. The lowest BCUT2D eigenvalue weighted by Gasteiger charge is -2.14. The van der Waals surface area contributed by atoms with E-state index in [4.69, 9.17) is 0 Å². The maximum absolute atomic E-state index is 12.8. The second kappa shape index (κ2) is 7.82. The van der Waals surface area contributed by atoms with E-state index >= 15 is 0 Å². The van der Waals surface area contributed by atoms with Crippen molar-refractivity contribution in [3.63, 3.8) is 0 Å². The standard InChI is InChI=1S/C20H22N4O4S/c1-6-13(19(26)27)29-17-14-16(23(4)20(28)24(5)18(14)25)21-15(22-17)12-8-10(2)7-11(3)9-12/h7-9,13H,6H2,1-5H3,(H,26,27)/t13-/m0/s1. The molecule has 9 heteroatoms. The molecule has 1 N–H and O–H groups in total. The highest BCUT2D eigenvalue weighted by Crippen LogP contribution is 2.30. The lowest BCUT2D eigenvalue weighted by molar-refractivity contribution is -0.136. The molecule has 2 aromatic heterocycles. The number of aryl methyl sites for hydroxylation is 3. The van der Waals surface area contributed by atoms with Gasteiger partial charge in [0.25, 0.3) is 5.56 Å². The van der Waals surface area contributed by atoms with Crippen LogP contribution in [-0.2, 0) is 18.9 Å². The molecule has 29 heavy (non-hydrogen) atoms. The van der Waals surface area contributed by atoms with Gasteiger partial charge in [0, 0.05) is 19.7 Å². The van der Waals surface area contributed by atoms with Gasteiger partial charge in [-0.15, -0.1) is 0 Å². The van der Waals surface area contributed by atoms with Gasteiger partial charge in [-0.1, -0.05) is 35.9 Å². The van der Waals surface area contributed by atoms with E-state index in [0.29, 0.717) is 12.2 Å². The maximum atomic E-state index is 12.8. The van der Waals surface area contributed by atoms with Crippen molar-refractivity contribution in [1.29, 1.82) is 0 Å². The zero-order chi connectivity index (χ0) is 21.5. The number of nitrogens with zero attached hydrogens (tertiary/aromatic N) is 4. The van der Waals surface area contributed by atoms with E-state index < -0.39 is 22.5 Å². The lowest BCUT2D eigenvalue weighted by Crippen LogP contribution is -2.37. The Morgan fingerprint density at radius 3 is 2.28 bits per heavy atom. The van der Waals surface area contributed by atoms with Crippen molar-refractivity contribution in [2.45, 2.75) is 37.5 Å². The number of benzene rings is 1. The van der Waals surface area contributed by atoms with Crippen molar-refractivity contribution < 1.29 is 9.90 Å². The third kappa shape index (κ3) is 3.82. The summed E-state index contributed by atoms with van der Waals surface area (Å²) in [4.78, 5) is 45.9. The van der Waals surface area contributed by atoms with Crippen molar-refractivity contribution in [3.05, 3.63) is 50.2 Å². The fraction of sp³-hybridized carbons (Fsp3) is 0.350. The average molecular weight is 414 g/mol. The van der Waals surface area contributed by atoms with Gasteiger partial charge in [0.2, 0.25) is 0 Å². The molecule has 152 valence electrons. The van der Waals surface area contributed by atoms with Crippen LogP contribution in [0.4, 0.5) is 0 Å². The molecule has 0 spiro atoms. The van der Waals surface area contributed by atoms with Crippen LogP contribution in [0, 0.1) is 13.8 Å². The molecule has 8 nitrogen and oxygen atoms in total. The molecule has 0 unspecified atom stereocenters. The molecule has 1 atom stereocenters. The van der Waals surface area contributed by atoms with Gasteiger partial charge in [0.15, 0.2) is 11.5 Å². The van der Waals surface area contributed by atoms with Crippen molar-refractivity contribution in [1.82, 2.24) is 19.1 Å². The van der Waals surface area contributed by atoms with Gasteiger partial charge >= 0.3 is 11.7 Å². The highest BCUT2D eigenvalue weighted by molar-refractivity contribution is 8.00. The van der Waals surface area contributed by atoms with Crippen molar-refractivity contribution >= 4 is 28.8 Å². The van der Waals surface area contributed by atoms with Crippen LogP contribution >= 0.6 is 11.8 Å². The van der Waals surface area contributed by atoms with E-state index in [1.165, 1.54) is 18.7 Å².